The molecular weight excluding hydrogens is 334 g/mol. The van der Waals surface area contributed by atoms with Crippen LogP contribution in [0.2, 0.25) is 0 Å². The molecule has 4 nitrogen and oxygen atoms in total. The van der Waals surface area contributed by atoms with Gasteiger partial charge < -0.3 is 14.7 Å². The standard InChI is InChI=1S/C16H22BrNO3/c1-12(2)11-18(8-9-21-3)15-10-14(17)6-4-13(15)5-7-16(19)20/h4-7,10,12H,8-9,11H2,1-3H3,(H,19,20). The van der Waals surface area contributed by atoms with Crippen LogP contribution in [-0.4, -0.2) is 37.9 Å². The summed E-state index contributed by atoms with van der Waals surface area (Å²) in [5.74, 6) is -0.451. The molecule has 0 bridgehead atoms. The van der Waals surface area contributed by atoms with E-state index in [2.05, 4.69) is 34.7 Å². The molecule has 0 spiro atoms. The van der Waals surface area contributed by atoms with E-state index in [1.165, 1.54) is 0 Å². The van der Waals surface area contributed by atoms with E-state index in [0.717, 1.165) is 34.9 Å². The Hall–Kier alpha value is -1.33. The first-order valence-corrected chi connectivity index (χ1v) is 7.67. The first-order chi connectivity index (χ1) is 9.93. The van der Waals surface area contributed by atoms with Gasteiger partial charge in [0.1, 0.15) is 0 Å². The third-order valence-corrected chi connectivity index (χ3v) is 3.38. The van der Waals surface area contributed by atoms with Crippen LogP contribution in [0.4, 0.5) is 5.69 Å². The highest BCUT2D eigenvalue weighted by molar-refractivity contribution is 9.10. The van der Waals surface area contributed by atoms with Crippen LogP contribution in [0.25, 0.3) is 6.08 Å². The predicted octanol–water partition coefficient (Wildman–Crippen LogP) is 3.66. The number of carboxylic acids is 1. The number of carbonyl (C=O) groups is 1. The van der Waals surface area contributed by atoms with E-state index in [4.69, 9.17) is 9.84 Å². The fraction of sp³-hybridized carbons (Fsp3) is 0.438. The number of ether oxygens (including phenoxy) is 1. The van der Waals surface area contributed by atoms with Crippen molar-refractivity contribution < 1.29 is 14.6 Å². The molecule has 21 heavy (non-hydrogen) atoms. The lowest BCUT2D eigenvalue weighted by Gasteiger charge is -2.28. The number of hydrogen-bond donors (Lipinski definition) is 1. The van der Waals surface area contributed by atoms with Gasteiger partial charge in [-0.1, -0.05) is 35.8 Å². The van der Waals surface area contributed by atoms with Crippen molar-refractivity contribution in [3.8, 4) is 0 Å². The topological polar surface area (TPSA) is 49.8 Å². The fourth-order valence-electron chi connectivity index (χ4n) is 2.05. The third-order valence-electron chi connectivity index (χ3n) is 2.89. The second-order valence-corrected chi connectivity index (χ2v) is 6.12. The average Bonchev–Trinajstić information content (AvgIpc) is 2.41. The molecule has 1 N–H and O–H groups in total. The van der Waals surface area contributed by atoms with E-state index in [1.54, 1.807) is 13.2 Å². The molecular formula is C16H22BrNO3. The van der Waals surface area contributed by atoms with Crippen molar-refractivity contribution in [3.05, 3.63) is 34.3 Å². The lowest BCUT2D eigenvalue weighted by Crippen LogP contribution is -2.31. The van der Waals surface area contributed by atoms with Crippen molar-refractivity contribution in [2.75, 3.05) is 31.7 Å². The number of carboxylic acid groups (broad SMARTS) is 1. The number of nitrogens with zero attached hydrogens (tertiary/aromatic N) is 1. The SMILES string of the molecule is COCCN(CC(C)C)c1cc(Br)ccc1C=CC(=O)O. The Morgan fingerprint density at radius 3 is 2.76 bits per heavy atom. The highest BCUT2D eigenvalue weighted by atomic mass is 79.9. The first-order valence-electron chi connectivity index (χ1n) is 6.88. The number of aliphatic carboxylic acids is 1. The normalized spacial score (nSPS) is 11.3. The Bertz CT molecular complexity index is 500. The zero-order chi connectivity index (χ0) is 15.8. The summed E-state index contributed by atoms with van der Waals surface area (Å²) >= 11 is 3.48. The molecule has 0 heterocycles. The van der Waals surface area contributed by atoms with Gasteiger partial charge in [-0.05, 0) is 29.7 Å². The number of halogens is 1. The minimum Gasteiger partial charge on any atom is -0.478 e. The van der Waals surface area contributed by atoms with Gasteiger partial charge in [0.2, 0.25) is 0 Å². The van der Waals surface area contributed by atoms with Gasteiger partial charge in [-0.3, -0.25) is 0 Å². The Morgan fingerprint density at radius 1 is 1.48 bits per heavy atom. The zero-order valence-electron chi connectivity index (χ0n) is 12.7. The third kappa shape index (κ3) is 6.31. The fourth-order valence-corrected chi connectivity index (χ4v) is 2.39. The molecule has 1 aromatic rings. The molecule has 0 saturated heterocycles. The summed E-state index contributed by atoms with van der Waals surface area (Å²) < 4.78 is 6.15. The lowest BCUT2D eigenvalue weighted by molar-refractivity contribution is -0.131. The molecule has 1 rings (SSSR count). The minimum absolute atomic E-state index is 0.497. The van der Waals surface area contributed by atoms with Crippen LogP contribution in [0.1, 0.15) is 19.4 Å². The van der Waals surface area contributed by atoms with Gasteiger partial charge in [0.25, 0.3) is 0 Å². The van der Waals surface area contributed by atoms with Gasteiger partial charge in [0.15, 0.2) is 0 Å². The number of anilines is 1. The molecule has 0 radical (unpaired) electrons. The second-order valence-electron chi connectivity index (χ2n) is 5.21. The van der Waals surface area contributed by atoms with Gasteiger partial charge in [-0.25, -0.2) is 4.79 Å². The Balaban J connectivity index is 3.13. The summed E-state index contributed by atoms with van der Waals surface area (Å²) in [6, 6.07) is 5.84. The number of rotatable bonds is 8. The average molecular weight is 356 g/mol. The molecule has 0 unspecified atom stereocenters. The maximum absolute atomic E-state index is 10.7. The lowest BCUT2D eigenvalue weighted by atomic mass is 10.1. The highest BCUT2D eigenvalue weighted by Crippen LogP contribution is 2.27. The van der Waals surface area contributed by atoms with E-state index in [-0.39, 0.29) is 0 Å². The smallest absolute Gasteiger partial charge is 0.328 e. The number of hydrogen-bond acceptors (Lipinski definition) is 3. The summed E-state index contributed by atoms with van der Waals surface area (Å²) in [6.07, 6.45) is 2.79. The van der Waals surface area contributed by atoms with E-state index in [0.29, 0.717) is 12.5 Å². The Morgan fingerprint density at radius 2 is 2.19 bits per heavy atom. The molecule has 0 atom stereocenters. The summed E-state index contributed by atoms with van der Waals surface area (Å²) in [5.41, 5.74) is 1.89. The first kappa shape index (κ1) is 17.7. The van der Waals surface area contributed by atoms with Crippen molar-refractivity contribution >= 4 is 33.7 Å². The van der Waals surface area contributed by atoms with Gasteiger partial charge in [-0.2, -0.15) is 0 Å². The summed E-state index contributed by atoms with van der Waals surface area (Å²) in [6.45, 7) is 6.59. The number of benzene rings is 1. The molecule has 0 aliphatic heterocycles. The summed E-state index contributed by atoms with van der Waals surface area (Å²) in [7, 11) is 1.68. The zero-order valence-corrected chi connectivity index (χ0v) is 14.3. The van der Waals surface area contributed by atoms with E-state index >= 15 is 0 Å². The van der Waals surface area contributed by atoms with Crippen LogP contribution in [0.5, 0.6) is 0 Å². The van der Waals surface area contributed by atoms with Gasteiger partial charge in [-0.15, -0.1) is 0 Å². The van der Waals surface area contributed by atoms with Crippen LogP contribution < -0.4 is 4.90 Å². The molecule has 5 heteroatoms. The molecule has 0 saturated carbocycles. The van der Waals surface area contributed by atoms with Crippen molar-refractivity contribution in [2.24, 2.45) is 5.92 Å². The summed E-state index contributed by atoms with van der Waals surface area (Å²) in [4.78, 5) is 13.0. The molecule has 0 aliphatic carbocycles. The van der Waals surface area contributed by atoms with Crippen molar-refractivity contribution in [2.45, 2.75) is 13.8 Å². The molecule has 0 fully saturated rings. The molecule has 1 aromatic carbocycles. The highest BCUT2D eigenvalue weighted by Gasteiger charge is 2.12. The van der Waals surface area contributed by atoms with Crippen LogP contribution in [-0.2, 0) is 9.53 Å². The van der Waals surface area contributed by atoms with Crippen LogP contribution in [0.3, 0.4) is 0 Å². The minimum atomic E-state index is -0.948. The van der Waals surface area contributed by atoms with E-state index in [1.807, 2.05) is 18.2 Å². The van der Waals surface area contributed by atoms with Gasteiger partial charge in [0.05, 0.1) is 6.61 Å². The molecule has 0 aliphatic rings. The van der Waals surface area contributed by atoms with Crippen molar-refractivity contribution in [1.29, 1.82) is 0 Å². The van der Waals surface area contributed by atoms with E-state index in [9.17, 15) is 4.79 Å². The van der Waals surface area contributed by atoms with Crippen LogP contribution in [0, 0.1) is 5.92 Å². The monoisotopic (exact) mass is 355 g/mol. The quantitative estimate of drug-likeness (QED) is 0.723. The van der Waals surface area contributed by atoms with Crippen LogP contribution in [0.15, 0.2) is 28.7 Å². The molecule has 0 amide bonds. The predicted molar refractivity (Wildman–Crippen MR) is 89.7 cm³/mol. The molecule has 116 valence electrons. The van der Waals surface area contributed by atoms with Gasteiger partial charge in [0, 0.05) is 36.4 Å². The Kier molecular flexibility index (Phi) is 7.47. The molecule has 0 aromatic heterocycles. The largest absolute Gasteiger partial charge is 0.478 e. The summed E-state index contributed by atoms with van der Waals surface area (Å²) in [5, 5.41) is 8.82. The van der Waals surface area contributed by atoms with Gasteiger partial charge >= 0.3 is 5.97 Å². The maximum atomic E-state index is 10.7. The van der Waals surface area contributed by atoms with Crippen molar-refractivity contribution in [3.63, 3.8) is 0 Å². The second kappa shape index (κ2) is 8.85. The van der Waals surface area contributed by atoms with E-state index < -0.39 is 5.97 Å². The Labute approximate surface area is 134 Å². The number of methoxy groups -OCH3 is 1. The maximum Gasteiger partial charge on any atom is 0.328 e. The van der Waals surface area contributed by atoms with Crippen molar-refractivity contribution in [1.82, 2.24) is 0 Å². The van der Waals surface area contributed by atoms with Crippen LogP contribution >= 0.6 is 15.9 Å².